The lowest BCUT2D eigenvalue weighted by Crippen LogP contribution is -2.06. The molecular weight excluding hydrogens is 262 g/mol. The first kappa shape index (κ1) is 15.4. The van der Waals surface area contributed by atoms with E-state index in [9.17, 15) is 0 Å². The zero-order chi connectivity index (χ0) is 14.9. The molecule has 0 radical (unpaired) electrons. The number of nitrogens with one attached hydrogen (secondary N) is 1. The van der Waals surface area contributed by atoms with E-state index in [1.165, 1.54) is 11.1 Å². The molecular formula is C18H23NO2. The minimum Gasteiger partial charge on any atom is -0.491 e. The summed E-state index contributed by atoms with van der Waals surface area (Å²) in [7, 11) is 0. The Morgan fingerprint density at radius 3 is 2.67 bits per heavy atom. The molecule has 112 valence electrons. The molecule has 0 aliphatic rings. The SMILES string of the molecule is CCOCCOc1cccc(CNc2cccc(C)c2)c1. The number of anilines is 1. The lowest BCUT2D eigenvalue weighted by molar-refractivity contribution is 0.110. The van der Waals surface area contributed by atoms with Crippen molar-refractivity contribution in [3.05, 3.63) is 59.7 Å². The van der Waals surface area contributed by atoms with Crippen molar-refractivity contribution in [2.75, 3.05) is 25.1 Å². The van der Waals surface area contributed by atoms with Crippen LogP contribution in [0.2, 0.25) is 0 Å². The molecule has 0 aromatic heterocycles. The normalized spacial score (nSPS) is 10.4. The third kappa shape index (κ3) is 5.48. The number of hydrogen-bond donors (Lipinski definition) is 1. The minimum atomic E-state index is 0.586. The Balaban J connectivity index is 1.86. The van der Waals surface area contributed by atoms with Gasteiger partial charge < -0.3 is 14.8 Å². The number of benzene rings is 2. The second kappa shape index (κ2) is 8.32. The van der Waals surface area contributed by atoms with E-state index in [1.54, 1.807) is 0 Å². The predicted octanol–water partition coefficient (Wildman–Crippen LogP) is 4.02. The Labute approximate surface area is 126 Å². The molecule has 0 aliphatic carbocycles. The highest BCUT2D eigenvalue weighted by molar-refractivity contribution is 5.46. The molecule has 1 N–H and O–H groups in total. The van der Waals surface area contributed by atoms with Gasteiger partial charge in [0.25, 0.3) is 0 Å². The van der Waals surface area contributed by atoms with Gasteiger partial charge in [0, 0.05) is 18.8 Å². The Kier molecular flexibility index (Phi) is 6.10. The molecule has 2 aromatic rings. The van der Waals surface area contributed by atoms with Crippen molar-refractivity contribution in [2.24, 2.45) is 0 Å². The van der Waals surface area contributed by atoms with Crippen LogP contribution in [0.4, 0.5) is 5.69 Å². The number of rotatable bonds is 8. The van der Waals surface area contributed by atoms with E-state index in [2.05, 4.69) is 48.6 Å². The quantitative estimate of drug-likeness (QED) is 0.743. The van der Waals surface area contributed by atoms with Crippen molar-refractivity contribution < 1.29 is 9.47 Å². The van der Waals surface area contributed by atoms with Gasteiger partial charge in [-0.3, -0.25) is 0 Å². The Hall–Kier alpha value is -2.00. The van der Waals surface area contributed by atoms with Gasteiger partial charge in [-0.05, 0) is 49.2 Å². The molecule has 0 atom stereocenters. The molecule has 0 heterocycles. The topological polar surface area (TPSA) is 30.5 Å². The van der Waals surface area contributed by atoms with Gasteiger partial charge in [0.05, 0.1) is 6.61 Å². The summed E-state index contributed by atoms with van der Waals surface area (Å²) in [6.07, 6.45) is 0. The highest BCUT2D eigenvalue weighted by Crippen LogP contribution is 2.16. The Morgan fingerprint density at radius 2 is 1.86 bits per heavy atom. The summed E-state index contributed by atoms with van der Waals surface area (Å²) in [5.74, 6) is 0.887. The van der Waals surface area contributed by atoms with Crippen molar-refractivity contribution in [2.45, 2.75) is 20.4 Å². The van der Waals surface area contributed by atoms with Gasteiger partial charge in [0.1, 0.15) is 12.4 Å². The summed E-state index contributed by atoms with van der Waals surface area (Å²) in [5, 5.41) is 3.43. The van der Waals surface area contributed by atoms with Crippen molar-refractivity contribution in [1.29, 1.82) is 0 Å². The number of ether oxygens (including phenoxy) is 2. The molecule has 2 aromatic carbocycles. The minimum absolute atomic E-state index is 0.586. The van der Waals surface area contributed by atoms with Gasteiger partial charge in [0.15, 0.2) is 0 Å². The van der Waals surface area contributed by atoms with Crippen molar-refractivity contribution in [3.63, 3.8) is 0 Å². The molecule has 0 aliphatic heterocycles. The molecule has 0 spiro atoms. The predicted molar refractivity (Wildman–Crippen MR) is 86.9 cm³/mol. The first-order valence-corrected chi connectivity index (χ1v) is 7.38. The summed E-state index contributed by atoms with van der Waals surface area (Å²) in [5.41, 5.74) is 3.59. The first-order chi connectivity index (χ1) is 10.3. The monoisotopic (exact) mass is 285 g/mol. The molecule has 0 unspecified atom stereocenters. The van der Waals surface area contributed by atoms with Gasteiger partial charge in [-0.1, -0.05) is 24.3 Å². The van der Waals surface area contributed by atoms with Gasteiger partial charge in [-0.15, -0.1) is 0 Å². The average molecular weight is 285 g/mol. The number of aryl methyl sites for hydroxylation is 1. The lowest BCUT2D eigenvalue weighted by Gasteiger charge is -2.10. The molecule has 21 heavy (non-hydrogen) atoms. The van der Waals surface area contributed by atoms with E-state index in [0.29, 0.717) is 13.2 Å². The van der Waals surface area contributed by atoms with Crippen molar-refractivity contribution in [3.8, 4) is 5.75 Å². The van der Waals surface area contributed by atoms with Crippen molar-refractivity contribution in [1.82, 2.24) is 0 Å². The van der Waals surface area contributed by atoms with Gasteiger partial charge in [-0.25, -0.2) is 0 Å². The third-order valence-corrected chi connectivity index (χ3v) is 3.11. The van der Waals surface area contributed by atoms with Crippen LogP contribution in [-0.4, -0.2) is 19.8 Å². The van der Waals surface area contributed by atoms with E-state index < -0.39 is 0 Å². The Bertz CT molecular complexity index is 554. The van der Waals surface area contributed by atoms with Crippen LogP contribution in [0.15, 0.2) is 48.5 Å². The fourth-order valence-corrected chi connectivity index (χ4v) is 2.07. The van der Waals surface area contributed by atoms with E-state index in [0.717, 1.165) is 24.6 Å². The smallest absolute Gasteiger partial charge is 0.119 e. The Morgan fingerprint density at radius 1 is 1.00 bits per heavy atom. The summed E-state index contributed by atoms with van der Waals surface area (Å²) >= 11 is 0. The zero-order valence-electron chi connectivity index (χ0n) is 12.8. The van der Waals surface area contributed by atoms with Crippen LogP contribution in [0.3, 0.4) is 0 Å². The lowest BCUT2D eigenvalue weighted by atomic mass is 10.2. The summed E-state index contributed by atoms with van der Waals surface area (Å²) < 4.78 is 10.9. The van der Waals surface area contributed by atoms with Crippen LogP contribution < -0.4 is 10.1 Å². The number of hydrogen-bond acceptors (Lipinski definition) is 3. The van der Waals surface area contributed by atoms with Crippen LogP contribution in [0.25, 0.3) is 0 Å². The summed E-state index contributed by atoms with van der Waals surface area (Å²) in [6, 6.07) is 16.5. The van der Waals surface area contributed by atoms with Crippen LogP contribution in [0.1, 0.15) is 18.1 Å². The second-order valence-corrected chi connectivity index (χ2v) is 4.92. The highest BCUT2D eigenvalue weighted by atomic mass is 16.5. The standard InChI is InChI=1S/C18H23NO2/c1-3-20-10-11-21-18-9-5-7-16(13-18)14-19-17-8-4-6-15(2)12-17/h4-9,12-13,19H,3,10-11,14H2,1-2H3. The van der Waals surface area contributed by atoms with Gasteiger partial charge in [-0.2, -0.15) is 0 Å². The molecule has 0 saturated heterocycles. The van der Waals surface area contributed by atoms with Crippen LogP contribution >= 0.6 is 0 Å². The molecule has 0 fully saturated rings. The van der Waals surface area contributed by atoms with E-state index in [-0.39, 0.29) is 0 Å². The molecule has 0 bridgehead atoms. The van der Waals surface area contributed by atoms with Crippen LogP contribution in [0, 0.1) is 6.92 Å². The van der Waals surface area contributed by atoms with Gasteiger partial charge >= 0.3 is 0 Å². The first-order valence-electron chi connectivity index (χ1n) is 7.38. The van der Waals surface area contributed by atoms with Crippen LogP contribution in [-0.2, 0) is 11.3 Å². The highest BCUT2D eigenvalue weighted by Gasteiger charge is 1.98. The second-order valence-electron chi connectivity index (χ2n) is 4.92. The maximum Gasteiger partial charge on any atom is 0.119 e. The van der Waals surface area contributed by atoms with Gasteiger partial charge in [0.2, 0.25) is 0 Å². The molecule has 0 saturated carbocycles. The van der Waals surface area contributed by atoms with E-state index in [4.69, 9.17) is 9.47 Å². The van der Waals surface area contributed by atoms with Crippen LogP contribution in [0.5, 0.6) is 5.75 Å². The average Bonchev–Trinajstić information content (AvgIpc) is 2.50. The van der Waals surface area contributed by atoms with Crippen molar-refractivity contribution >= 4 is 5.69 Å². The summed E-state index contributed by atoms with van der Waals surface area (Å²) in [4.78, 5) is 0. The maximum atomic E-state index is 5.67. The third-order valence-electron chi connectivity index (χ3n) is 3.11. The van der Waals surface area contributed by atoms with E-state index >= 15 is 0 Å². The maximum absolute atomic E-state index is 5.67. The molecule has 3 nitrogen and oxygen atoms in total. The summed E-state index contributed by atoms with van der Waals surface area (Å²) in [6.45, 7) is 6.80. The molecule has 0 amide bonds. The fraction of sp³-hybridized carbons (Fsp3) is 0.333. The zero-order valence-corrected chi connectivity index (χ0v) is 12.8. The van der Waals surface area contributed by atoms with E-state index in [1.807, 2.05) is 19.1 Å². The fourth-order valence-electron chi connectivity index (χ4n) is 2.07. The molecule has 2 rings (SSSR count). The largest absolute Gasteiger partial charge is 0.491 e. The molecule has 3 heteroatoms.